The largest absolute Gasteiger partial charge is 0.494 e. The molecule has 1 fully saturated rings. The molecule has 4 N–H and O–H groups in total. The van der Waals surface area contributed by atoms with E-state index in [4.69, 9.17) is 20.9 Å². The zero-order chi connectivity index (χ0) is 20.8. The van der Waals surface area contributed by atoms with Gasteiger partial charge in [-0.05, 0) is 18.9 Å². The van der Waals surface area contributed by atoms with Crippen LogP contribution in [-0.4, -0.2) is 47.2 Å². The Labute approximate surface area is 166 Å². The molecule has 0 atom stereocenters. The Hall–Kier alpha value is -3.50. The van der Waals surface area contributed by atoms with Crippen molar-refractivity contribution < 1.29 is 18.7 Å². The van der Waals surface area contributed by atoms with Gasteiger partial charge < -0.3 is 25.8 Å². The van der Waals surface area contributed by atoms with Gasteiger partial charge in [-0.2, -0.15) is 0 Å². The van der Waals surface area contributed by atoms with Crippen LogP contribution < -0.4 is 21.1 Å². The number of halogens is 1. The maximum atomic E-state index is 14.9. The third kappa shape index (κ3) is 5.06. The second kappa shape index (κ2) is 9.13. The smallest absolute Gasteiger partial charge is 0.437 e. The van der Waals surface area contributed by atoms with Gasteiger partial charge in [-0.1, -0.05) is 0 Å². The molecule has 11 heteroatoms. The minimum absolute atomic E-state index is 0.184. The molecule has 0 radical (unpaired) electrons. The minimum atomic E-state index is -0.983. The first-order valence-electron chi connectivity index (χ1n) is 8.98. The number of aliphatic imine (C=N–C) groups is 1. The number of rotatable bonds is 5. The molecule has 1 amide bonds. The summed E-state index contributed by atoms with van der Waals surface area (Å²) < 4.78 is 24.8. The van der Waals surface area contributed by atoms with E-state index in [9.17, 15) is 9.18 Å². The summed E-state index contributed by atoms with van der Waals surface area (Å²) in [5.74, 6) is 0.797. The van der Waals surface area contributed by atoms with E-state index in [-0.39, 0.29) is 23.9 Å². The van der Waals surface area contributed by atoms with Crippen molar-refractivity contribution >= 4 is 17.9 Å². The molecule has 154 valence electrons. The van der Waals surface area contributed by atoms with Crippen LogP contribution in [-0.2, 0) is 11.3 Å². The van der Waals surface area contributed by atoms with E-state index in [2.05, 4.69) is 19.9 Å². The maximum absolute atomic E-state index is 14.9. The summed E-state index contributed by atoms with van der Waals surface area (Å²) in [7, 11) is 1.56. The van der Waals surface area contributed by atoms with Crippen molar-refractivity contribution in [3.63, 3.8) is 0 Å². The number of nitrogens with zero attached hydrogens (tertiary/aromatic N) is 5. The number of guanidine groups is 1. The monoisotopic (exact) mass is 403 g/mol. The van der Waals surface area contributed by atoms with Crippen LogP contribution >= 0.6 is 0 Å². The van der Waals surface area contributed by atoms with Crippen LogP contribution in [0.25, 0.3) is 0 Å². The second-order valence-electron chi connectivity index (χ2n) is 6.44. The molecule has 0 aliphatic carbocycles. The van der Waals surface area contributed by atoms with Crippen molar-refractivity contribution in [1.82, 2.24) is 15.0 Å². The number of carbonyl (C=O) groups excluding carboxylic acids is 1. The van der Waals surface area contributed by atoms with Gasteiger partial charge in [0.1, 0.15) is 12.4 Å². The number of hydrogen-bond acceptors (Lipinski definition) is 7. The molecule has 3 rings (SSSR count). The van der Waals surface area contributed by atoms with Gasteiger partial charge in [0.2, 0.25) is 0 Å². The molecule has 1 aliphatic rings. The number of methoxy groups -OCH3 is 1. The van der Waals surface area contributed by atoms with Gasteiger partial charge in [0.25, 0.3) is 0 Å². The van der Waals surface area contributed by atoms with Crippen LogP contribution in [0.5, 0.6) is 5.75 Å². The number of carbonyl (C=O) groups is 1. The van der Waals surface area contributed by atoms with E-state index in [0.717, 1.165) is 18.7 Å². The van der Waals surface area contributed by atoms with E-state index < -0.39 is 17.9 Å². The topological polar surface area (TPSA) is 142 Å². The Bertz CT molecular complexity index is 880. The highest BCUT2D eigenvalue weighted by molar-refractivity contribution is 5.87. The summed E-state index contributed by atoms with van der Waals surface area (Å²) in [5, 5.41) is 0. The van der Waals surface area contributed by atoms with Crippen LogP contribution in [0, 0.1) is 5.82 Å². The molecule has 2 aromatic rings. The predicted molar refractivity (Wildman–Crippen MR) is 103 cm³/mol. The minimum Gasteiger partial charge on any atom is -0.494 e. The molecular formula is C18H22FN7O3. The lowest BCUT2D eigenvalue weighted by atomic mass is 9.96. The zero-order valence-corrected chi connectivity index (χ0v) is 15.9. The van der Waals surface area contributed by atoms with Crippen LogP contribution in [0.15, 0.2) is 29.6 Å². The molecule has 29 heavy (non-hydrogen) atoms. The van der Waals surface area contributed by atoms with Gasteiger partial charge in [-0.25, -0.2) is 24.1 Å². The van der Waals surface area contributed by atoms with Gasteiger partial charge in [0.15, 0.2) is 23.3 Å². The fourth-order valence-corrected chi connectivity index (χ4v) is 3.07. The van der Waals surface area contributed by atoms with Crippen molar-refractivity contribution in [2.24, 2.45) is 16.5 Å². The lowest BCUT2D eigenvalue weighted by Crippen LogP contribution is -2.34. The Kier molecular flexibility index (Phi) is 6.37. The molecule has 3 heterocycles. The van der Waals surface area contributed by atoms with Crippen molar-refractivity contribution in [1.29, 1.82) is 0 Å². The molecule has 1 saturated heterocycles. The fourth-order valence-electron chi connectivity index (χ4n) is 3.07. The SMILES string of the molecule is COc1cnc(C2CCN(c3nccc(COC(=O)N=C(N)N)c3F)CC2)nc1. The van der Waals surface area contributed by atoms with Crippen LogP contribution in [0.2, 0.25) is 0 Å². The number of nitrogens with two attached hydrogens (primary N) is 2. The Balaban J connectivity index is 1.63. The Morgan fingerprint density at radius 1 is 1.28 bits per heavy atom. The average molecular weight is 403 g/mol. The first kappa shape index (κ1) is 20.2. The number of aromatic nitrogens is 3. The molecule has 0 aromatic carbocycles. The molecule has 0 spiro atoms. The van der Waals surface area contributed by atoms with Gasteiger partial charge in [-0.3, -0.25) is 0 Å². The van der Waals surface area contributed by atoms with Crippen molar-refractivity contribution in [2.75, 3.05) is 25.1 Å². The van der Waals surface area contributed by atoms with Crippen molar-refractivity contribution in [2.45, 2.75) is 25.4 Å². The highest BCUT2D eigenvalue weighted by Gasteiger charge is 2.26. The van der Waals surface area contributed by atoms with Crippen molar-refractivity contribution in [3.8, 4) is 5.75 Å². The number of amides is 1. The number of hydrogen-bond donors (Lipinski definition) is 2. The summed E-state index contributed by atoms with van der Waals surface area (Å²) >= 11 is 0. The van der Waals surface area contributed by atoms with Gasteiger partial charge in [-0.15, -0.1) is 4.99 Å². The van der Waals surface area contributed by atoms with Gasteiger partial charge in [0.05, 0.1) is 19.5 Å². The van der Waals surface area contributed by atoms with E-state index in [1.54, 1.807) is 19.5 Å². The summed E-state index contributed by atoms with van der Waals surface area (Å²) in [6.45, 7) is 0.898. The molecular weight excluding hydrogens is 381 g/mol. The maximum Gasteiger partial charge on any atom is 0.437 e. The average Bonchev–Trinajstić information content (AvgIpc) is 2.73. The standard InChI is InChI=1S/C18H22FN7O3/c1-28-13-8-23-15(24-9-13)11-3-6-26(7-4-11)16-14(19)12(2-5-22-16)10-29-18(27)25-17(20)21/h2,5,8-9,11H,3-4,6-7,10H2,1H3,(H4,20,21,25,27). The number of piperidine rings is 1. The van der Waals surface area contributed by atoms with E-state index in [1.165, 1.54) is 12.3 Å². The van der Waals surface area contributed by atoms with Crippen molar-refractivity contribution in [3.05, 3.63) is 41.9 Å². The fraction of sp³-hybridized carbons (Fsp3) is 0.389. The quantitative estimate of drug-likeness (QED) is 0.558. The number of pyridine rings is 1. The predicted octanol–water partition coefficient (Wildman–Crippen LogP) is 1.31. The number of ether oxygens (including phenoxy) is 2. The lowest BCUT2D eigenvalue weighted by Gasteiger charge is -2.32. The summed E-state index contributed by atoms with van der Waals surface area (Å²) in [6, 6.07) is 1.44. The van der Waals surface area contributed by atoms with Gasteiger partial charge in [0, 0.05) is 30.8 Å². The normalized spacial score (nSPS) is 14.3. The Morgan fingerprint density at radius 3 is 2.59 bits per heavy atom. The third-order valence-corrected chi connectivity index (χ3v) is 4.57. The van der Waals surface area contributed by atoms with Crippen LogP contribution in [0.1, 0.15) is 30.1 Å². The molecule has 10 nitrogen and oxygen atoms in total. The summed E-state index contributed by atoms with van der Waals surface area (Å²) in [4.78, 5) is 29.3. The highest BCUT2D eigenvalue weighted by Crippen LogP contribution is 2.30. The molecule has 0 bridgehead atoms. The molecule has 0 saturated carbocycles. The summed E-state index contributed by atoms with van der Waals surface area (Å²) in [5.41, 5.74) is 10.4. The van der Waals surface area contributed by atoms with Gasteiger partial charge >= 0.3 is 6.09 Å². The zero-order valence-electron chi connectivity index (χ0n) is 15.9. The summed E-state index contributed by atoms with van der Waals surface area (Å²) in [6.07, 6.45) is 5.30. The van der Waals surface area contributed by atoms with Crippen LogP contribution in [0.3, 0.4) is 0 Å². The number of anilines is 1. The first-order valence-corrected chi connectivity index (χ1v) is 8.98. The van der Waals surface area contributed by atoms with E-state index >= 15 is 0 Å². The molecule has 2 aromatic heterocycles. The second-order valence-corrected chi connectivity index (χ2v) is 6.44. The molecule has 0 unspecified atom stereocenters. The Morgan fingerprint density at radius 2 is 1.97 bits per heavy atom. The highest BCUT2D eigenvalue weighted by atomic mass is 19.1. The third-order valence-electron chi connectivity index (χ3n) is 4.57. The lowest BCUT2D eigenvalue weighted by molar-refractivity contribution is 0.149. The molecule has 1 aliphatic heterocycles. The van der Waals surface area contributed by atoms with E-state index in [0.29, 0.717) is 18.8 Å². The van der Waals surface area contributed by atoms with E-state index in [1.807, 2.05) is 4.90 Å². The first-order chi connectivity index (χ1) is 14.0. The van der Waals surface area contributed by atoms with Crippen LogP contribution in [0.4, 0.5) is 15.0 Å².